The molecule has 8 nitrogen and oxygen atoms in total. The van der Waals surface area contributed by atoms with Crippen LogP contribution >= 0.6 is 0 Å². The molecule has 1 atom stereocenters. The summed E-state index contributed by atoms with van der Waals surface area (Å²) in [6.45, 7) is 2.66. The van der Waals surface area contributed by atoms with E-state index in [2.05, 4.69) is 19.6 Å². The third-order valence-electron chi connectivity index (χ3n) is 6.93. The molecule has 1 saturated carbocycles. The number of hydrogen-bond donors (Lipinski definition) is 1. The molecule has 0 radical (unpaired) electrons. The van der Waals surface area contributed by atoms with E-state index in [4.69, 9.17) is 15.5 Å². The summed E-state index contributed by atoms with van der Waals surface area (Å²) in [5, 5.41) is 0. The smallest absolute Gasteiger partial charge is 0.387 e. The van der Waals surface area contributed by atoms with Crippen LogP contribution in [-0.4, -0.2) is 77.6 Å². The Morgan fingerprint density at radius 1 is 1.18 bits per heavy atom. The highest BCUT2D eigenvalue weighted by Crippen LogP contribution is 2.41. The maximum atomic E-state index is 14.6. The van der Waals surface area contributed by atoms with E-state index in [0.717, 1.165) is 44.8 Å². The molecule has 5 rings (SSSR count). The van der Waals surface area contributed by atoms with Crippen LogP contribution in [0.25, 0.3) is 11.3 Å². The third-order valence-corrected chi connectivity index (χ3v) is 6.93. The Kier molecular flexibility index (Phi) is 6.24. The van der Waals surface area contributed by atoms with Gasteiger partial charge in [-0.3, -0.25) is 4.90 Å². The highest BCUT2D eigenvalue weighted by molar-refractivity contribution is 5.65. The van der Waals surface area contributed by atoms with Crippen molar-refractivity contribution >= 4 is 11.8 Å². The second-order valence-electron chi connectivity index (χ2n) is 9.52. The van der Waals surface area contributed by atoms with Gasteiger partial charge in [-0.15, -0.1) is 0 Å². The van der Waals surface area contributed by atoms with Crippen LogP contribution in [0.1, 0.15) is 37.8 Å². The molecule has 0 aromatic carbocycles. The summed E-state index contributed by atoms with van der Waals surface area (Å²) in [6, 6.07) is 3.76. The SMILES string of the molecule is CC1(F)CCN(c2nc(-c3cnc(N)c(OC(F)F)c3)cc([C@H]3C[C@H](N4CCOCC4)C3)n2)C1. The number of anilines is 2. The van der Waals surface area contributed by atoms with Crippen LogP contribution in [0.5, 0.6) is 5.75 Å². The van der Waals surface area contributed by atoms with Crippen LogP contribution in [0.4, 0.5) is 24.9 Å². The van der Waals surface area contributed by atoms with Gasteiger partial charge in [-0.25, -0.2) is 19.3 Å². The van der Waals surface area contributed by atoms with Crippen molar-refractivity contribution in [1.82, 2.24) is 19.9 Å². The van der Waals surface area contributed by atoms with Crippen LogP contribution < -0.4 is 15.4 Å². The quantitative estimate of drug-likeness (QED) is 0.677. The van der Waals surface area contributed by atoms with Gasteiger partial charge >= 0.3 is 6.61 Å². The van der Waals surface area contributed by atoms with Crippen molar-refractivity contribution in [3.8, 4) is 17.0 Å². The molecule has 2 aliphatic heterocycles. The minimum atomic E-state index is -3.02. The van der Waals surface area contributed by atoms with Gasteiger partial charge in [-0.2, -0.15) is 8.78 Å². The topological polar surface area (TPSA) is 89.6 Å². The van der Waals surface area contributed by atoms with Gasteiger partial charge in [0.15, 0.2) is 11.6 Å². The molecule has 2 aromatic rings. The second kappa shape index (κ2) is 9.18. The molecule has 1 aliphatic carbocycles. The van der Waals surface area contributed by atoms with Gasteiger partial charge in [0.1, 0.15) is 5.67 Å². The van der Waals surface area contributed by atoms with E-state index in [1.165, 1.54) is 12.3 Å². The van der Waals surface area contributed by atoms with Crippen molar-refractivity contribution in [2.24, 2.45) is 0 Å². The zero-order chi connectivity index (χ0) is 23.9. The summed E-state index contributed by atoms with van der Waals surface area (Å²) in [5.74, 6) is 0.351. The Hall–Kier alpha value is -2.66. The normalized spacial score (nSPS) is 27.7. The summed E-state index contributed by atoms with van der Waals surface area (Å²) in [6.07, 6.45) is 3.81. The largest absolute Gasteiger partial charge is 0.431 e. The van der Waals surface area contributed by atoms with E-state index < -0.39 is 12.3 Å². The molecule has 34 heavy (non-hydrogen) atoms. The molecule has 2 N–H and O–H groups in total. The van der Waals surface area contributed by atoms with Crippen LogP contribution in [0.15, 0.2) is 18.3 Å². The Morgan fingerprint density at radius 3 is 2.62 bits per heavy atom. The van der Waals surface area contributed by atoms with Crippen molar-refractivity contribution in [3.05, 3.63) is 24.0 Å². The van der Waals surface area contributed by atoms with Crippen LogP contribution in [0.2, 0.25) is 0 Å². The van der Waals surface area contributed by atoms with Crippen molar-refractivity contribution in [2.45, 2.75) is 50.4 Å². The highest BCUT2D eigenvalue weighted by atomic mass is 19.3. The summed E-state index contributed by atoms with van der Waals surface area (Å²) in [5.41, 5.74) is 6.27. The van der Waals surface area contributed by atoms with Gasteiger partial charge in [-0.1, -0.05) is 0 Å². The third kappa shape index (κ3) is 4.90. The molecule has 3 fully saturated rings. The van der Waals surface area contributed by atoms with E-state index in [1.54, 1.807) is 6.92 Å². The molecule has 0 spiro atoms. The molecule has 0 bridgehead atoms. The number of morpholine rings is 1. The first-order valence-electron chi connectivity index (χ1n) is 11.6. The number of nitrogen functional groups attached to an aromatic ring is 1. The average Bonchev–Trinajstić information content (AvgIpc) is 3.14. The summed E-state index contributed by atoms with van der Waals surface area (Å²) >= 11 is 0. The van der Waals surface area contributed by atoms with E-state index in [-0.39, 0.29) is 24.0 Å². The van der Waals surface area contributed by atoms with Crippen LogP contribution in [0, 0.1) is 0 Å². The lowest BCUT2D eigenvalue weighted by Gasteiger charge is -2.44. The molecule has 2 aromatic heterocycles. The van der Waals surface area contributed by atoms with E-state index in [0.29, 0.717) is 36.2 Å². The Balaban J connectivity index is 1.44. The number of hydrogen-bond acceptors (Lipinski definition) is 8. The monoisotopic (exact) mass is 478 g/mol. The maximum absolute atomic E-state index is 14.6. The first kappa shape index (κ1) is 23.1. The summed E-state index contributed by atoms with van der Waals surface area (Å²) in [4.78, 5) is 17.8. The molecule has 0 amide bonds. The summed E-state index contributed by atoms with van der Waals surface area (Å²) < 4.78 is 50.1. The van der Waals surface area contributed by atoms with E-state index in [1.807, 2.05) is 11.0 Å². The van der Waals surface area contributed by atoms with Gasteiger partial charge in [0.05, 0.1) is 25.5 Å². The lowest BCUT2D eigenvalue weighted by atomic mass is 9.77. The lowest BCUT2D eigenvalue weighted by molar-refractivity contribution is -0.0494. The predicted octanol–water partition coefficient (Wildman–Crippen LogP) is 3.24. The van der Waals surface area contributed by atoms with Gasteiger partial charge in [0.25, 0.3) is 0 Å². The molecule has 4 heterocycles. The number of halogens is 3. The fourth-order valence-electron chi connectivity index (χ4n) is 4.90. The van der Waals surface area contributed by atoms with Crippen molar-refractivity contribution in [3.63, 3.8) is 0 Å². The molecular weight excluding hydrogens is 449 g/mol. The number of alkyl halides is 3. The maximum Gasteiger partial charge on any atom is 0.387 e. The number of ether oxygens (including phenoxy) is 2. The number of aromatic nitrogens is 3. The number of nitrogens with two attached hydrogens (primary N) is 1. The van der Waals surface area contributed by atoms with Crippen LogP contribution in [-0.2, 0) is 4.74 Å². The van der Waals surface area contributed by atoms with Crippen molar-refractivity contribution in [2.75, 3.05) is 50.0 Å². The molecule has 11 heteroatoms. The molecule has 2 saturated heterocycles. The van der Waals surface area contributed by atoms with Gasteiger partial charge in [0, 0.05) is 55.5 Å². The van der Waals surface area contributed by atoms with Crippen molar-refractivity contribution < 1.29 is 22.6 Å². The van der Waals surface area contributed by atoms with Gasteiger partial charge in [-0.05, 0) is 31.9 Å². The predicted molar refractivity (Wildman–Crippen MR) is 121 cm³/mol. The van der Waals surface area contributed by atoms with E-state index in [9.17, 15) is 13.2 Å². The summed E-state index contributed by atoms with van der Waals surface area (Å²) in [7, 11) is 0. The standard InChI is InChI=1S/C23H29F3N6O2/c1-23(26)2-3-32(13-23)22-29-17(14-8-16(9-14)31-4-6-33-7-5-31)11-18(30-22)15-10-19(34-21(24)25)20(27)28-12-15/h10-12,14,16,21H,2-9,13H2,1H3,(H2,27,28)/t14-,16-,23?. The van der Waals surface area contributed by atoms with Gasteiger partial charge < -0.3 is 20.1 Å². The number of pyridine rings is 1. The fourth-order valence-corrected chi connectivity index (χ4v) is 4.90. The molecule has 1 unspecified atom stereocenters. The number of rotatable bonds is 6. The number of nitrogens with zero attached hydrogens (tertiary/aromatic N) is 5. The molecule has 184 valence electrons. The lowest BCUT2D eigenvalue weighted by Crippen LogP contribution is -2.49. The Morgan fingerprint density at radius 2 is 1.94 bits per heavy atom. The fraction of sp³-hybridized carbons (Fsp3) is 0.609. The van der Waals surface area contributed by atoms with Crippen LogP contribution in [0.3, 0.4) is 0 Å². The first-order valence-corrected chi connectivity index (χ1v) is 11.6. The molecular formula is C23H29F3N6O2. The second-order valence-corrected chi connectivity index (χ2v) is 9.52. The zero-order valence-electron chi connectivity index (χ0n) is 19.1. The Bertz CT molecular complexity index is 1030. The van der Waals surface area contributed by atoms with E-state index >= 15 is 0 Å². The average molecular weight is 479 g/mol. The van der Waals surface area contributed by atoms with Crippen molar-refractivity contribution in [1.29, 1.82) is 0 Å². The first-order chi connectivity index (χ1) is 16.3. The zero-order valence-corrected chi connectivity index (χ0v) is 19.1. The molecule has 3 aliphatic rings. The minimum Gasteiger partial charge on any atom is -0.431 e. The Labute approximate surface area is 196 Å². The highest BCUT2D eigenvalue weighted by Gasteiger charge is 2.38. The minimum absolute atomic E-state index is 0.126. The van der Waals surface area contributed by atoms with Gasteiger partial charge in [0.2, 0.25) is 5.95 Å².